The Labute approximate surface area is 122 Å². The molecule has 0 radical (unpaired) electrons. The maximum atomic E-state index is 13.0. The van der Waals surface area contributed by atoms with Crippen LogP contribution in [0.15, 0.2) is 24.3 Å². The summed E-state index contributed by atoms with van der Waals surface area (Å²) in [6.45, 7) is 5.74. The van der Waals surface area contributed by atoms with Crippen LogP contribution in [0, 0.1) is 0 Å². The average Bonchev–Trinajstić information content (AvgIpc) is 2.43. The first-order valence-electron chi connectivity index (χ1n) is 6.97. The molecule has 6 heteroatoms. The monoisotopic (exact) mass is 302 g/mol. The quantitative estimate of drug-likeness (QED) is 0.847. The Morgan fingerprint density at radius 3 is 2.43 bits per heavy atom. The van der Waals surface area contributed by atoms with Gasteiger partial charge in [0.1, 0.15) is 0 Å². The first-order valence-corrected chi connectivity index (χ1v) is 6.97. The summed E-state index contributed by atoms with van der Waals surface area (Å²) in [5, 5.41) is 5.62. The molecule has 2 N–H and O–H groups in total. The fraction of sp³-hybridized carbons (Fsp3) is 0.533. The molecular weight excluding hydrogens is 281 g/mol. The number of nitrogens with one attached hydrogen (secondary N) is 2. The molecule has 2 atom stereocenters. The molecule has 1 aromatic rings. The van der Waals surface area contributed by atoms with Gasteiger partial charge in [-0.3, -0.25) is 10.1 Å². The van der Waals surface area contributed by atoms with Gasteiger partial charge in [-0.15, -0.1) is 0 Å². The Morgan fingerprint density at radius 2 is 1.86 bits per heavy atom. The lowest BCUT2D eigenvalue weighted by Gasteiger charge is -2.23. The third-order valence-corrected chi connectivity index (χ3v) is 3.18. The van der Waals surface area contributed by atoms with E-state index in [2.05, 4.69) is 10.6 Å². The number of halogens is 3. The van der Waals surface area contributed by atoms with E-state index in [0.29, 0.717) is 6.54 Å². The van der Waals surface area contributed by atoms with Crippen LogP contribution in [0.2, 0.25) is 0 Å². The van der Waals surface area contributed by atoms with E-state index in [0.717, 1.165) is 12.5 Å². The van der Waals surface area contributed by atoms with Gasteiger partial charge in [0.25, 0.3) is 0 Å². The predicted molar refractivity (Wildman–Crippen MR) is 75.8 cm³/mol. The van der Waals surface area contributed by atoms with Crippen molar-refractivity contribution in [1.29, 1.82) is 0 Å². The van der Waals surface area contributed by atoms with Crippen LogP contribution in [0.5, 0.6) is 0 Å². The molecule has 0 saturated heterocycles. The minimum absolute atomic E-state index is 0.139. The molecule has 21 heavy (non-hydrogen) atoms. The number of amides is 1. The van der Waals surface area contributed by atoms with Crippen LogP contribution in [0.3, 0.4) is 0 Å². The zero-order valence-corrected chi connectivity index (χ0v) is 12.4. The molecule has 0 fully saturated rings. The zero-order chi connectivity index (χ0) is 16.0. The molecule has 1 amide bonds. The number of benzene rings is 1. The third kappa shape index (κ3) is 5.04. The van der Waals surface area contributed by atoms with Gasteiger partial charge in [0.05, 0.1) is 11.6 Å². The van der Waals surface area contributed by atoms with Crippen LogP contribution in [0.25, 0.3) is 0 Å². The molecule has 0 saturated carbocycles. The molecule has 0 bridgehead atoms. The highest BCUT2D eigenvalue weighted by atomic mass is 19.4. The van der Waals surface area contributed by atoms with Gasteiger partial charge < -0.3 is 5.32 Å². The van der Waals surface area contributed by atoms with E-state index in [4.69, 9.17) is 0 Å². The molecule has 1 rings (SSSR count). The van der Waals surface area contributed by atoms with E-state index in [-0.39, 0.29) is 11.5 Å². The van der Waals surface area contributed by atoms with E-state index in [1.165, 1.54) is 12.1 Å². The zero-order valence-electron chi connectivity index (χ0n) is 12.4. The fourth-order valence-corrected chi connectivity index (χ4v) is 2.07. The normalized spacial score (nSPS) is 14.6. The molecule has 0 aliphatic rings. The number of carbonyl (C=O) groups excluding carboxylic acids is 1. The van der Waals surface area contributed by atoms with Crippen LogP contribution in [-0.2, 0) is 11.0 Å². The van der Waals surface area contributed by atoms with Crippen molar-refractivity contribution in [2.75, 3.05) is 6.54 Å². The van der Waals surface area contributed by atoms with Gasteiger partial charge in [-0.1, -0.05) is 25.1 Å². The Morgan fingerprint density at radius 1 is 1.24 bits per heavy atom. The molecule has 0 aliphatic carbocycles. The largest absolute Gasteiger partial charge is 0.416 e. The Bertz CT molecular complexity index is 474. The van der Waals surface area contributed by atoms with Crippen molar-refractivity contribution in [3.05, 3.63) is 35.4 Å². The Hall–Kier alpha value is -1.56. The Kier molecular flexibility index (Phi) is 6.20. The minimum atomic E-state index is -4.40. The highest BCUT2D eigenvalue weighted by Gasteiger charge is 2.34. The summed E-state index contributed by atoms with van der Waals surface area (Å²) in [4.78, 5) is 11.8. The van der Waals surface area contributed by atoms with Crippen molar-refractivity contribution >= 4 is 5.91 Å². The van der Waals surface area contributed by atoms with Gasteiger partial charge in [0.15, 0.2) is 0 Å². The molecule has 0 aliphatic heterocycles. The van der Waals surface area contributed by atoms with Gasteiger partial charge in [0, 0.05) is 12.6 Å². The second kappa shape index (κ2) is 7.45. The van der Waals surface area contributed by atoms with Crippen LogP contribution < -0.4 is 10.6 Å². The topological polar surface area (TPSA) is 41.1 Å². The third-order valence-electron chi connectivity index (χ3n) is 3.18. The smallest absolute Gasteiger partial charge is 0.355 e. The second-order valence-corrected chi connectivity index (χ2v) is 4.99. The summed E-state index contributed by atoms with van der Waals surface area (Å²) < 4.78 is 38.9. The van der Waals surface area contributed by atoms with Gasteiger partial charge in [-0.2, -0.15) is 13.2 Å². The molecule has 118 valence electrons. The summed E-state index contributed by atoms with van der Waals surface area (Å²) >= 11 is 0. The molecule has 3 nitrogen and oxygen atoms in total. The van der Waals surface area contributed by atoms with Crippen molar-refractivity contribution in [2.45, 2.75) is 45.5 Å². The maximum absolute atomic E-state index is 13.0. The first kappa shape index (κ1) is 17.5. The Balaban J connectivity index is 2.81. The van der Waals surface area contributed by atoms with Gasteiger partial charge in [0.2, 0.25) is 5.91 Å². The summed E-state index contributed by atoms with van der Waals surface area (Å²) in [6.07, 6.45) is -3.59. The van der Waals surface area contributed by atoms with Gasteiger partial charge in [-0.25, -0.2) is 0 Å². The number of alkyl halides is 3. The van der Waals surface area contributed by atoms with E-state index < -0.39 is 23.8 Å². The molecular formula is C15H21F3N2O. The van der Waals surface area contributed by atoms with Crippen LogP contribution in [-0.4, -0.2) is 18.5 Å². The molecule has 0 heterocycles. The van der Waals surface area contributed by atoms with Crippen molar-refractivity contribution in [3.63, 3.8) is 0 Å². The average molecular weight is 302 g/mol. The highest BCUT2D eigenvalue weighted by molar-refractivity contribution is 5.81. The lowest BCUT2D eigenvalue weighted by Crippen LogP contribution is -2.43. The number of hydrogen-bond donors (Lipinski definition) is 2. The van der Waals surface area contributed by atoms with Crippen LogP contribution >= 0.6 is 0 Å². The van der Waals surface area contributed by atoms with Crippen molar-refractivity contribution in [1.82, 2.24) is 10.6 Å². The van der Waals surface area contributed by atoms with E-state index >= 15 is 0 Å². The lowest BCUT2D eigenvalue weighted by atomic mass is 10.0. The summed E-state index contributed by atoms with van der Waals surface area (Å²) in [6, 6.07) is 4.26. The van der Waals surface area contributed by atoms with Crippen LogP contribution in [0.1, 0.15) is 44.4 Å². The molecule has 0 spiro atoms. The van der Waals surface area contributed by atoms with E-state index in [9.17, 15) is 18.0 Å². The maximum Gasteiger partial charge on any atom is 0.416 e. The van der Waals surface area contributed by atoms with Gasteiger partial charge in [-0.05, 0) is 31.9 Å². The minimum Gasteiger partial charge on any atom is -0.355 e. The van der Waals surface area contributed by atoms with E-state index in [1.807, 2.05) is 6.92 Å². The standard InChI is InChI=1S/C15H21F3N2O/c1-4-9-19-14(21)11(3)20-10(2)12-7-5-6-8-13(12)15(16,17)18/h5-8,10-11,20H,4,9H2,1-3H3,(H,19,21). The number of carbonyl (C=O) groups is 1. The summed E-state index contributed by atoms with van der Waals surface area (Å²) in [7, 11) is 0. The summed E-state index contributed by atoms with van der Waals surface area (Å²) in [5.41, 5.74) is -0.536. The SMILES string of the molecule is CCCNC(=O)C(C)NC(C)c1ccccc1C(F)(F)F. The fourth-order valence-electron chi connectivity index (χ4n) is 2.07. The number of hydrogen-bond acceptors (Lipinski definition) is 2. The number of rotatable bonds is 6. The summed E-state index contributed by atoms with van der Waals surface area (Å²) in [5.74, 6) is -0.215. The molecule has 2 unspecified atom stereocenters. The lowest BCUT2D eigenvalue weighted by molar-refractivity contribution is -0.138. The van der Waals surface area contributed by atoms with E-state index in [1.54, 1.807) is 19.9 Å². The molecule has 0 aromatic heterocycles. The van der Waals surface area contributed by atoms with Crippen LogP contribution in [0.4, 0.5) is 13.2 Å². The predicted octanol–water partition coefficient (Wildman–Crippen LogP) is 3.27. The van der Waals surface area contributed by atoms with Crippen molar-refractivity contribution < 1.29 is 18.0 Å². The molecule has 1 aromatic carbocycles. The first-order chi connectivity index (χ1) is 9.77. The van der Waals surface area contributed by atoms with Crippen molar-refractivity contribution in [2.24, 2.45) is 0 Å². The second-order valence-electron chi connectivity index (χ2n) is 4.99. The van der Waals surface area contributed by atoms with Gasteiger partial charge >= 0.3 is 6.18 Å². The highest BCUT2D eigenvalue weighted by Crippen LogP contribution is 2.34. The van der Waals surface area contributed by atoms with Crippen molar-refractivity contribution in [3.8, 4) is 0 Å².